The highest BCUT2D eigenvalue weighted by Crippen LogP contribution is 2.52. The number of amides is 2. The molecule has 1 aromatic carbocycles. The number of anilines is 2. The van der Waals surface area contributed by atoms with E-state index in [0.717, 1.165) is 25.1 Å². The van der Waals surface area contributed by atoms with E-state index < -0.39 is 0 Å². The van der Waals surface area contributed by atoms with Crippen LogP contribution in [-0.2, 0) is 11.0 Å². The number of nitrogens with zero attached hydrogens (tertiary/aromatic N) is 4. The fourth-order valence-corrected chi connectivity index (χ4v) is 3.65. The third-order valence-corrected chi connectivity index (χ3v) is 5.18. The lowest BCUT2D eigenvalue weighted by molar-refractivity contribution is 0.244. The lowest BCUT2D eigenvalue weighted by atomic mass is 9.66. The predicted octanol–water partition coefficient (Wildman–Crippen LogP) is 3.51. The topological polar surface area (TPSA) is 63.1 Å². The van der Waals surface area contributed by atoms with Crippen molar-refractivity contribution in [3.05, 3.63) is 36.2 Å². The van der Waals surface area contributed by atoms with Crippen LogP contribution in [0.15, 0.2) is 30.6 Å². The van der Waals surface area contributed by atoms with Crippen LogP contribution in [0.1, 0.15) is 45.6 Å². The first-order valence-corrected chi connectivity index (χ1v) is 8.49. The third-order valence-electron chi connectivity index (χ3n) is 5.18. The lowest BCUT2D eigenvalue weighted by Crippen LogP contribution is -2.43. The minimum absolute atomic E-state index is 0.155. The Hall–Kier alpha value is -2.37. The molecule has 1 spiro atoms. The van der Waals surface area contributed by atoms with E-state index in [1.807, 2.05) is 37.8 Å². The number of benzene rings is 1. The molecule has 126 valence electrons. The molecule has 6 nitrogen and oxygen atoms in total. The van der Waals surface area contributed by atoms with Crippen LogP contribution in [0, 0.1) is 0 Å². The van der Waals surface area contributed by atoms with Crippen LogP contribution in [-0.4, -0.2) is 27.3 Å². The molecule has 1 aliphatic heterocycles. The summed E-state index contributed by atoms with van der Waals surface area (Å²) in [4.78, 5) is 18.8. The van der Waals surface area contributed by atoms with Gasteiger partial charge < -0.3 is 0 Å². The standard InChI is InChI=1S/C18H23N5O/c1-17(2,3)23-12-19-15(21-23)20-16(24)22-11-18(9-6-10-18)13-7-4-5-8-14(13)22/h4-5,7-8,12H,6,9-11H2,1-3H3,(H,20,21,24). The van der Waals surface area contributed by atoms with Crippen molar-refractivity contribution in [2.75, 3.05) is 16.8 Å². The normalized spacial score (nSPS) is 18.4. The Morgan fingerprint density at radius 1 is 1.25 bits per heavy atom. The molecule has 2 aromatic rings. The quantitative estimate of drug-likeness (QED) is 0.873. The largest absolute Gasteiger partial charge is 0.328 e. The molecule has 24 heavy (non-hydrogen) atoms. The fraction of sp³-hybridized carbons (Fsp3) is 0.500. The summed E-state index contributed by atoms with van der Waals surface area (Å²) in [6.07, 6.45) is 5.21. The molecule has 6 heteroatoms. The molecular weight excluding hydrogens is 302 g/mol. The maximum absolute atomic E-state index is 12.8. The van der Waals surface area contributed by atoms with Gasteiger partial charge in [0.2, 0.25) is 5.95 Å². The molecule has 1 saturated carbocycles. The zero-order valence-corrected chi connectivity index (χ0v) is 14.4. The first-order valence-electron chi connectivity index (χ1n) is 8.49. The van der Waals surface area contributed by atoms with Crippen LogP contribution < -0.4 is 10.2 Å². The van der Waals surface area contributed by atoms with Gasteiger partial charge in [-0.15, -0.1) is 5.10 Å². The minimum Gasteiger partial charge on any atom is -0.293 e. The molecular formula is C18H23N5O. The van der Waals surface area contributed by atoms with Crippen LogP contribution >= 0.6 is 0 Å². The highest BCUT2D eigenvalue weighted by molar-refractivity contribution is 6.02. The van der Waals surface area contributed by atoms with Crippen molar-refractivity contribution in [3.63, 3.8) is 0 Å². The smallest absolute Gasteiger partial charge is 0.293 e. The van der Waals surface area contributed by atoms with E-state index in [2.05, 4.69) is 27.5 Å². The average Bonchev–Trinajstić information content (AvgIpc) is 3.08. The predicted molar refractivity (Wildman–Crippen MR) is 93.4 cm³/mol. The number of aromatic nitrogens is 3. The van der Waals surface area contributed by atoms with Gasteiger partial charge in [-0.2, -0.15) is 0 Å². The van der Waals surface area contributed by atoms with Gasteiger partial charge in [-0.25, -0.2) is 14.5 Å². The Morgan fingerprint density at radius 3 is 2.62 bits per heavy atom. The summed E-state index contributed by atoms with van der Waals surface area (Å²) in [5.41, 5.74) is 2.32. The summed E-state index contributed by atoms with van der Waals surface area (Å²) >= 11 is 0. The SMILES string of the molecule is CC(C)(C)n1cnc(NC(=O)N2CC3(CCC3)c3ccccc32)n1. The monoisotopic (exact) mass is 325 g/mol. The molecule has 0 atom stereocenters. The molecule has 4 rings (SSSR count). The summed E-state index contributed by atoms with van der Waals surface area (Å²) in [5.74, 6) is 0.349. The van der Waals surface area contributed by atoms with Crippen molar-refractivity contribution in [1.82, 2.24) is 14.8 Å². The van der Waals surface area contributed by atoms with Crippen molar-refractivity contribution in [3.8, 4) is 0 Å². The average molecular weight is 325 g/mol. The Morgan fingerprint density at radius 2 is 2.00 bits per heavy atom. The Kier molecular flexibility index (Phi) is 3.20. The molecule has 0 bridgehead atoms. The van der Waals surface area contributed by atoms with Gasteiger partial charge in [0.1, 0.15) is 6.33 Å². The number of hydrogen-bond donors (Lipinski definition) is 1. The van der Waals surface area contributed by atoms with Crippen molar-refractivity contribution in [2.45, 2.75) is 51.0 Å². The van der Waals surface area contributed by atoms with Crippen LogP contribution in [0.3, 0.4) is 0 Å². The van der Waals surface area contributed by atoms with Gasteiger partial charge in [0, 0.05) is 17.6 Å². The van der Waals surface area contributed by atoms with Gasteiger partial charge in [-0.3, -0.25) is 10.2 Å². The van der Waals surface area contributed by atoms with Crippen LogP contribution in [0.4, 0.5) is 16.4 Å². The Labute approximate surface area is 141 Å². The number of para-hydroxylation sites is 1. The molecule has 0 unspecified atom stereocenters. The first kappa shape index (κ1) is 15.2. The second-order valence-corrected chi connectivity index (χ2v) is 7.85. The minimum atomic E-state index is -0.161. The van der Waals surface area contributed by atoms with Gasteiger partial charge in [0.15, 0.2) is 0 Å². The molecule has 1 N–H and O–H groups in total. The second-order valence-electron chi connectivity index (χ2n) is 7.85. The van der Waals surface area contributed by atoms with Gasteiger partial charge in [0.05, 0.1) is 5.54 Å². The molecule has 1 aromatic heterocycles. The van der Waals surface area contributed by atoms with Crippen molar-refractivity contribution >= 4 is 17.7 Å². The van der Waals surface area contributed by atoms with E-state index in [0.29, 0.717) is 5.95 Å². The highest BCUT2D eigenvalue weighted by Gasteiger charge is 2.48. The zero-order valence-electron chi connectivity index (χ0n) is 14.4. The van der Waals surface area contributed by atoms with E-state index in [1.165, 1.54) is 12.0 Å². The first-order chi connectivity index (χ1) is 11.4. The molecule has 2 aliphatic rings. The van der Waals surface area contributed by atoms with Crippen LogP contribution in [0.25, 0.3) is 0 Å². The van der Waals surface area contributed by atoms with Crippen molar-refractivity contribution in [1.29, 1.82) is 0 Å². The van der Waals surface area contributed by atoms with E-state index in [1.54, 1.807) is 11.0 Å². The zero-order chi connectivity index (χ0) is 16.9. The number of hydrogen-bond acceptors (Lipinski definition) is 3. The summed E-state index contributed by atoms with van der Waals surface area (Å²) in [6, 6.07) is 8.09. The summed E-state index contributed by atoms with van der Waals surface area (Å²) < 4.78 is 1.76. The molecule has 2 heterocycles. The van der Waals surface area contributed by atoms with E-state index in [9.17, 15) is 4.79 Å². The highest BCUT2D eigenvalue weighted by atomic mass is 16.2. The number of nitrogens with one attached hydrogen (secondary N) is 1. The number of carbonyl (C=O) groups excluding carboxylic acids is 1. The van der Waals surface area contributed by atoms with Crippen molar-refractivity contribution < 1.29 is 4.79 Å². The second kappa shape index (κ2) is 5.06. The number of urea groups is 1. The number of rotatable bonds is 1. The number of carbonyl (C=O) groups is 1. The molecule has 1 fully saturated rings. The number of fused-ring (bicyclic) bond motifs is 2. The maximum Gasteiger partial charge on any atom is 0.328 e. The lowest BCUT2D eigenvalue weighted by Gasteiger charge is -2.38. The summed E-state index contributed by atoms with van der Waals surface area (Å²) in [5, 5.41) is 7.21. The van der Waals surface area contributed by atoms with E-state index >= 15 is 0 Å². The van der Waals surface area contributed by atoms with Gasteiger partial charge in [-0.05, 0) is 45.2 Å². The molecule has 0 radical (unpaired) electrons. The van der Waals surface area contributed by atoms with E-state index in [4.69, 9.17) is 0 Å². The summed E-state index contributed by atoms with van der Waals surface area (Å²) in [6.45, 7) is 6.89. The Balaban J connectivity index is 1.56. The Bertz CT molecular complexity index is 785. The van der Waals surface area contributed by atoms with Crippen molar-refractivity contribution in [2.24, 2.45) is 0 Å². The maximum atomic E-state index is 12.8. The van der Waals surface area contributed by atoms with Gasteiger partial charge in [0.25, 0.3) is 0 Å². The van der Waals surface area contributed by atoms with E-state index in [-0.39, 0.29) is 17.0 Å². The summed E-state index contributed by atoms with van der Waals surface area (Å²) in [7, 11) is 0. The fourth-order valence-electron chi connectivity index (χ4n) is 3.65. The van der Waals surface area contributed by atoms with Gasteiger partial charge >= 0.3 is 6.03 Å². The molecule has 1 aliphatic carbocycles. The molecule has 2 amide bonds. The van der Waals surface area contributed by atoms with Gasteiger partial charge in [-0.1, -0.05) is 24.6 Å². The van der Waals surface area contributed by atoms with Crippen LogP contribution in [0.5, 0.6) is 0 Å². The third kappa shape index (κ3) is 2.28. The molecule has 0 saturated heterocycles. The van der Waals surface area contributed by atoms with Crippen LogP contribution in [0.2, 0.25) is 0 Å².